The van der Waals surface area contributed by atoms with Gasteiger partial charge in [0.05, 0.1) is 13.5 Å². The van der Waals surface area contributed by atoms with Crippen LogP contribution >= 0.6 is 0 Å². The Kier molecular flexibility index (Phi) is 5.72. The number of benzene rings is 1. The second kappa shape index (κ2) is 7.30. The highest BCUT2D eigenvalue weighted by atomic mass is 19.3. The van der Waals surface area contributed by atoms with Crippen LogP contribution in [0.5, 0.6) is 5.75 Å². The van der Waals surface area contributed by atoms with E-state index in [2.05, 4.69) is 14.8 Å². The zero-order valence-corrected chi connectivity index (χ0v) is 10.2. The average Bonchev–Trinajstić information content (AvgIpc) is 2.38. The van der Waals surface area contributed by atoms with Gasteiger partial charge in [0.25, 0.3) is 5.91 Å². The van der Waals surface area contributed by atoms with Gasteiger partial charge in [0.1, 0.15) is 5.75 Å². The van der Waals surface area contributed by atoms with Crippen LogP contribution in [0.4, 0.5) is 8.78 Å². The molecule has 0 radical (unpaired) electrons. The Morgan fingerprint density at radius 3 is 2.42 bits per heavy atom. The number of hydrogen-bond acceptors (Lipinski definition) is 4. The molecule has 7 heteroatoms. The summed E-state index contributed by atoms with van der Waals surface area (Å²) in [6, 6.07) is 5.24. The Bertz CT molecular complexity index is 434. The van der Waals surface area contributed by atoms with E-state index < -0.39 is 18.5 Å². The van der Waals surface area contributed by atoms with Crippen LogP contribution in [0, 0.1) is 0 Å². The number of amides is 1. The van der Waals surface area contributed by atoms with Crippen LogP contribution in [0.3, 0.4) is 0 Å². The lowest BCUT2D eigenvalue weighted by molar-refractivity contribution is -0.140. The van der Waals surface area contributed by atoms with Gasteiger partial charge >= 0.3 is 12.6 Å². The highest BCUT2D eigenvalue weighted by Crippen LogP contribution is 2.14. The summed E-state index contributed by atoms with van der Waals surface area (Å²) in [5.74, 6) is -0.866. The van der Waals surface area contributed by atoms with Gasteiger partial charge in [-0.1, -0.05) is 0 Å². The minimum atomic E-state index is -2.90. The van der Waals surface area contributed by atoms with Gasteiger partial charge in [0.15, 0.2) is 0 Å². The van der Waals surface area contributed by atoms with Crippen molar-refractivity contribution < 1.29 is 27.8 Å². The number of ether oxygens (including phenoxy) is 2. The molecule has 0 atom stereocenters. The lowest BCUT2D eigenvalue weighted by Crippen LogP contribution is -2.26. The van der Waals surface area contributed by atoms with E-state index in [-0.39, 0.29) is 24.3 Å². The number of methoxy groups -OCH3 is 1. The molecule has 104 valence electrons. The molecule has 0 aromatic heterocycles. The molecule has 0 saturated heterocycles. The summed E-state index contributed by atoms with van der Waals surface area (Å²) < 4.78 is 32.4. The van der Waals surface area contributed by atoms with Crippen molar-refractivity contribution >= 4 is 11.9 Å². The molecule has 1 amide bonds. The van der Waals surface area contributed by atoms with Crippen LogP contribution in [0.2, 0.25) is 0 Å². The molecule has 1 rings (SSSR count). The fraction of sp³-hybridized carbons (Fsp3) is 0.333. The summed E-state index contributed by atoms with van der Waals surface area (Å²) >= 11 is 0. The van der Waals surface area contributed by atoms with Gasteiger partial charge in [-0.3, -0.25) is 9.59 Å². The monoisotopic (exact) mass is 273 g/mol. The van der Waals surface area contributed by atoms with Crippen molar-refractivity contribution in [2.24, 2.45) is 0 Å². The number of halogens is 2. The molecule has 0 heterocycles. The minimum absolute atomic E-state index is 0.0267. The Morgan fingerprint density at radius 1 is 1.26 bits per heavy atom. The van der Waals surface area contributed by atoms with Gasteiger partial charge in [-0.15, -0.1) is 0 Å². The topological polar surface area (TPSA) is 64.6 Å². The van der Waals surface area contributed by atoms with Crippen molar-refractivity contribution in [3.8, 4) is 5.75 Å². The van der Waals surface area contributed by atoms with E-state index in [0.717, 1.165) is 0 Å². The van der Waals surface area contributed by atoms with Crippen LogP contribution in [-0.2, 0) is 9.53 Å². The summed E-state index contributed by atoms with van der Waals surface area (Å²) in [6.45, 7) is -2.76. The molecule has 19 heavy (non-hydrogen) atoms. The molecule has 1 N–H and O–H groups in total. The Hall–Kier alpha value is -2.18. The van der Waals surface area contributed by atoms with Crippen LogP contribution < -0.4 is 10.1 Å². The first-order valence-corrected chi connectivity index (χ1v) is 5.43. The van der Waals surface area contributed by atoms with Gasteiger partial charge in [0.2, 0.25) is 0 Å². The van der Waals surface area contributed by atoms with Gasteiger partial charge in [-0.05, 0) is 24.3 Å². The first-order chi connectivity index (χ1) is 9.02. The molecular formula is C12H13F2NO4. The number of alkyl halides is 2. The average molecular weight is 273 g/mol. The van der Waals surface area contributed by atoms with E-state index in [1.807, 2.05) is 0 Å². The number of carbonyl (C=O) groups excluding carboxylic acids is 2. The zero-order valence-electron chi connectivity index (χ0n) is 10.2. The zero-order chi connectivity index (χ0) is 14.3. The summed E-state index contributed by atoms with van der Waals surface area (Å²) in [4.78, 5) is 22.4. The van der Waals surface area contributed by atoms with E-state index in [0.29, 0.717) is 0 Å². The van der Waals surface area contributed by atoms with Crippen molar-refractivity contribution in [3.63, 3.8) is 0 Å². The van der Waals surface area contributed by atoms with Crippen molar-refractivity contribution in [2.75, 3.05) is 13.7 Å². The highest BCUT2D eigenvalue weighted by molar-refractivity contribution is 5.94. The number of rotatable bonds is 6. The largest absolute Gasteiger partial charge is 0.469 e. The maximum absolute atomic E-state index is 11.9. The first-order valence-electron chi connectivity index (χ1n) is 5.43. The number of hydrogen-bond donors (Lipinski definition) is 1. The Morgan fingerprint density at radius 2 is 1.89 bits per heavy atom. The van der Waals surface area contributed by atoms with Crippen LogP contribution in [0.15, 0.2) is 24.3 Å². The molecule has 0 unspecified atom stereocenters. The Balaban J connectivity index is 2.46. The smallest absolute Gasteiger partial charge is 0.387 e. The van der Waals surface area contributed by atoms with E-state index in [1.165, 1.54) is 31.4 Å². The number of nitrogens with one attached hydrogen (secondary N) is 1. The van der Waals surface area contributed by atoms with Gasteiger partial charge in [-0.25, -0.2) is 0 Å². The molecule has 0 aliphatic rings. The summed E-state index contributed by atoms with van der Waals surface area (Å²) in [5, 5.41) is 2.50. The number of esters is 1. The standard InChI is InChI=1S/C12H13F2NO4/c1-18-10(16)6-7-15-11(17)8-2-4-9(5-3-8)19-12(13)14/h2-5,12H,6-7H2,1H3,(H,15,17). The molecule has 0 fully saturated rings. The van der Waals surface area contributed by atoms with E-state index in [4.69, 9.17) is 0 Å². The predicted molar refractivity (Wildman–Crippen MR) is 62.0 cm³/mol. The molecule has 0 aliphatic carbocycles. The van der Waals surface area contributed by atoms with Crippen molar-refractivity contribution in [1.29, 1.82) is 0 Å². The fourth-order valence-corrected chi connectivity index (χ4v) is 1.27. The predicted octanol–water partition coefficient (Wildman–Crippen LogP) is 1.58. The Labute approximate surface area is 108 Å². The molecule has 0 bridgehead atoms. The third-order valence-electron chi connectivity index (χ3n) is 2.18. The summed E-state index contributed by atoms with van der Waals surface area (Å²) in [5.41, 5.74) is 0.284. The molecule has 1 aromatic rings. The highest BCUT2D eigenvalue weighted by Gasteiger charge is 2.08. The van der Waals surface area contributed by atoms with Crippen molar-refractivity contribution in [3.05, 3.63) is 29.8 Å². The van der Waals surface area contributed by atoms with Crippen molar-refractivity contribution in [1.82, 2.24) is 5.32 Å². The summed E-state index contributed by atoms with van der Waals surface area (Å²) in [6.07, 6.45) is 0.0643. The molecule has 0 spiro atoms. The quantitative estimate of drug-likeness (QED) is 0.799. The second-order valence-corrected chi connectivity index (χ2v) is 3.48. The van der Waals surface area contributed by atoms with Gasteiger partial charge in [-0.2, -0.15) is 8.78 Å². The van der Waals surface area contributed by atoms with Crippen LogP contribution in [-0.4, -0.2) is 32.1 Å². The molecule has 0 aliphatic heterocycles. The maximum Gasteiger partial charge on any atom is 0.387 e. The SMILES string of the molecule is COC(=O)CCNC(=O)c1ccc(OC(F)F)cc1. The normalized spacial score (nSPS) is 10.1. The van der Waals surface area contributed by atoms with Crippen LogP contribution in [0.1, 0.15) is 16.8 Å². The first kappa shape index (κ1) is 14.9. The molecule has 1 aromatic carbocycles. The minimum Gasteiger partial charge on any atom is -0.469 e. The maximum atomic E-state index is 11.9. The van der Waals surface area contributed by atoms with E-state index in [9.17, 15) is 18.4 Å². The third-order valence-corrected chi connectivity index (χ3v) is 2.18. The third kappa shape index (κ3) is 5.33. The van der Waals surface area contributed by atoms with Crippen LogP contribution in [0.25, 0.3) is 0 Å². The lowest BCUT2D eigenvalue weighted by atomic mass is 10.2. The molecule has 5 nitrogen and oxygen atoms in total. The number of carbonyl (C=O) groups is 2. The fourth-order valence-electron chi connectivity index (χ4n) is 1.27. The summed E-state index contributed by atoms with van der Waals surface area (Å²) in [7, 11) is 1.26. The van der Waals surface area contributed by atoms with Crippen molar-refractivity contribution in [2.45, 2.75) is 13.0 Å². The van der Waals surface area contributed by atoms with E-state index >= 15 is 0 Å². The van der Waals surface area contributed by atoms with Gasteiger partial charge < -0.3 is 14.8 Å². The lowest BCUT2D eigenvalue weighted by Gasteiger charge is -2.06. The second-order valence-electron chi connectivity index (χ2n) is 3.48. The molecular weight excluding hydrogens is 260 g/mol. The molecule has 0 saturated carbocycles. The van der Waals surface area contributed by atoms with E-state index in [1.54, 1.807) is 0 Å². The van der Waals surface area contributed by atoms with Gasteiger partial charge in [0, 0.05) is 12.1 Å².